The minimum Gasteiger partial charge on any atom is -0.271 e. The normalized spacial score (nSPS) is 13.3. The van der Waals surface area contributed by atoms with E-state index >= 15 is 0 Å². The summed E-state index contributed by atoms with van der Waals surface area (Å²) in [5.74, 6) is 4.99. The Kier molecular flexibility index (Phi) is 4.07. The van der Waals surface area contributed by atoms with Crippen molar-refractivity contribution in [1.29, 1.82) is 0 Å². The molecule has 78 valence electrons. The lowest BCUT2D eigenvalue weighted by atomic mass is 10.1. The van der Waals surface area contributed by atoms with E-state index in [1.165, 1.54) is 18.2 Å². The molecule has 6 heteroatoms. The molecule has 0 bridgehead atoms. The fourth-order valence-electron chi connectivity index (χ4n) is 1.05. The topological polar surface area (TPSA) is 38.0 Å². The molecule has 0 aliphatic heterocycles. The van der Waals surface area contributed by atoms with Crippen molar-refractivity contribution < 1.29 is 8.78 Å². The van der Waals surface area contributed by atoms with Crippen LogP contribution in [0.3, 0.4) is 0 Å². The molecule has 0 spiro atoms. The van der Waals surface area contributed by atoms with Crippen LogP contribution in [-0.4, -0.2) is 6.43 Å². The zero-order valence-corrected chi connectivity index (χ0v) is 8.49. The average molecular weight is 241 g/mol. The van der Waals surface area contributed by atoms with E-state index in [2.05, 4.69) is 0 Å². The van der Waals surface area contributed by atoms with E-state index in [9.17, 15) is 8.78 Å². The third kappa shape index (κ3) is 2.54. The summed E-state index contributed by atoms with van der Waals surface area (Å²) in [5, 5.41) is 0.544. The number of nitrogens with one attached hydrogen (secondary N) is 1. The molecule has 0 aliphatic rings. The van der Waals surface area contributed by atoms with Crippen LogP contribution in [0.15, 0.2) is 18.2 Å². The summed E-state index contributed by atoms with van der Waals surface area (Å²) in [6, 6.07) is 3.03. The highest BCUT2D eigenvalue weighted by Gasteiger charge is 2.23. The molecule has 2 nitrogen and oxygen atoms in total. The molecular weight excluding hydrogens is 233 g/mol. The lowest BCUT2D eigenvalue weighted by Gasteiger charge is -2.16. The summed E-state index contributed by atoms with van der Waals surface area (Å²) < 4.78 is 24.9. The first kappa shape index (κ1) is 11.7. The fourth-order valence-corrected chi connectivity index (χ4v) is 1.47. The summed E-state index contributed by atoms with van der Waals surface area (Å²) in [6.07, 6.45) is -2.64. The third-order valence-electron chi connectivity index (χ3n) is 1.72. The molecule has 1 aromatic rings. The second-order valence-corrected chi connectivity index (χ2v) is 3.49. The van der Waals surface area contributed by atoms with Gasteiger partial charge >= 0.3 is 0 Å². The predicted octanol–water partition coefficient (Wildman–Crippen LogP) is 2.76. The van der Waals surface area contributed by atoms with Gasteiger partial charge in [0.1, 0.15) is 6.04 Å². The zero-order chi connectivity index (χ0) is 10.7. The highest BCUT2D eigenvalue weighted by atomic mass is 35.5. The number of benzene rings is 1. The van der Waals surface area contributed by atoms with E-state index in [0.29, 0.717) is 5.02 Å². The largest absolute Gasteiger partial charge is 0.271 e. The maximum absolute atomic E-state index is 12.5. The monoisotopic (exact) mass is 240 g/mol. The van der Waals surface area contributed by atoms with Crippen LogP contribution in [0.5, 0.6) is 0 Å². The van der Waals surface area contributed by atoms with Crippen molar-refractivity contribution in [2.45, 2.75) is 12.5 Å². The quantitative estimate of drug-likeness (QED) is 0.630. The van der Waals surface area contributed by atoms with Gasteiger partial charge in [0.25, 0.3) is 6.43 Å². The zero-order valence-electron chi connectivity index (χ0n) is 6.98. The van der Waals surface area contributed by atoms with E-state index in [4.69, 9.17) is 29.0 Å². The molecule has 1 atom stereocenters. The molecule has 1 rings (SSSR count). The van der Waals surface area contributed by atoms with Crippen LogP contribution in [0.4, 0.5) is 8.78 Å². The summed E-state index contributed by atoms with van der Waals surface area (Å²) in [6.45, 7) is 0. The lowest BCUT2D eigenvalue weighted by Crippen LogP contribution is -2.33. The van der Waals surface area contributed by atoms with Gasteiger partial charge in [-0.3, -0.25) is 5.84 Å². The van der Waals surface area contributed by atoms with Crippen LogP contribution in [0.25, 0.3) is 0 Å². The predicted molar refractivity (Wildman–Crippen MR) is 52.5 cm³/mol. The van der Waals surface area contributed by atoms with Gasteiger partial charge in [0.15, 0.2) is 0 Å². The Balaban J connectivity index is 3.08. The van der Waals surface area contributed by atoms with Gasteiger partial charge < -0.3 is 0 Å². The summed E-state index contributed by atoms with van der Waals surface area (Å²) in [4.78, 5) is 0. The first-order valence-corrected chi connectivity index (χ1v) is 4.51. The van der Waals surface area contributed by atoms with Gasteiger partial charge in [-0.25, -0.2) is 14.2 Å². The van der Waals surface area contributed by atoms with E-state index < -0.39 is 12.5 Å². The summed E-state index contributed by atoms with van der Waals surface area (Å²) in [7, 11) is 0. The Morgan fingerprint density at radius 3 is 2.43 bits per heavy atom. The van der Waals surface area contributed by atoms with Gasteiger partial charge in [0, 0.05) is 10.0 Å². The van der Waals surface area contributed by atoms with Gasteiger partial charge in [-0.2, -0.15) is 0 Å². The van der Waals surface area contributed by atoms with Crippen molar-refractivity contribution in [3.63, 3.8) is 0 Å². The highest BCUT2D eigenvalue weighted by Crippen LogP contribution is 2.29. The van der Waals surface area contributed by atoms with Gasteiger partial charge in [-0.15, -0.1) is 0 Å². The molecule has 1 aromatic carbocycles. The maximum Gasteiger partial charge on any atom is 0.259 e. The van der Waals surface area contributed by atoms with Crippen molar-refractivity contribution in [3.8, 4) is 0 Å². The number of hydrogen-bond donors (Lipinski definition) is 2. The molecule has 0 fully saturated rings. The molecule has 1 unspecified atom stereocenters. The van der Waals surface area contributed by atoms with Gasteiger partial charge in [-0.1, -0.05) is 23.2 Å². The molecule has 0 saturated carbocycles. The number of nitrogens with two attached hydrogens (primary N) is 1. The molecular formula is C8H8Cl2F2N2. The van der Waals surface area contributed by atoms with Crippen LogP contribution in [0, 0.1) is 0 Å². The van der Waals surface area contributed by atoms with Gasteiger partial charge in [0.2, 0.25) is 0 Å². The maximum atomic E-state index is 12.5. The van der Waals surface area contributed by atoms with Crippen LogP contribution < -0.4 is 11.3 Å². The van der Waals surface area contributed by atoms with Crippen molar-refractivity contribution >= 4 is 23.2 Å². The average Bonchev–Trinajstić information content (AvgIpc) is 2.11. The van der Waals surface area contributed by atoms with Crippen molar-refractivity contribution in [1.82, 2.24) is 5.43 Å². The number of rotatable bonds is 3. The number of alkyl halides is 2. The smallest absolute Gasteiger partial charge is 0.259 e. The summed E-state index contributed by atoms with van der Waals surface area (Å²) >= 11 is 11.4. The fraction of sp³-hybridized carbons (Fsp3) is 0.250. The number of halogens is 4. The third-order valence-corrected chi connectivity index (χ3v) is 2.30. The van der Waals surface area contributed by atoms with E-state index in [1.54, 1.807) is 0 Å². The first-order chi connectivity index (χ1) is 6.56. The second kappa shape index (κ2) is 4.89. The van der Waals surface area contributed by atoms with Crippen molar-refractivity contribution in [2.24, 2.45) is 5.84 Å². The molecule has 14 heavy (non-hydrogen) atoms. The Labute approximate surface area is 90.0 Å². The lowest BCUT2D eigenvalue weighted by molar-refractivity contribution is 0.0987. The Bertz CT molecular complexity index is 320. The Hall–Kier alpha value is -0.420. The molecule has 3 N–H and O–H groups in total. The standard InChI is InChI=1S/C8H8Cl2F2N2/c9-4-1-2-6(10)5(3-4)7(14-13)8(11)12/h1-3,7-8,14H,13H2. The van der Waals surface area contributed by atoms with Crippen molar-refractivity contribution in [3.05, 3.63) is 33.8 Å². The highest BCUT2D eigenvalue weighted by molar-refractivity contribution is 6.33. The Morgan fingerprint density at radius 2 is 1.93 bits per heavy atom. The molecule has 0 amide bonds. The van der Waals surface area contributed by atoms with Crippen LogP contribution in [0.1, 0.15) is 11.6 Å². The molecule has 0 aromatic heterocycles. The Morgan fingerprint density at radius 1 is 1.29 bits per heavy atom. The van der Waals surface area contributed by atoms with E-state index in [1.807, 2.05) is 5.43 Å². The first-order valence-electron chi connectivity index (χ1n) is 3.75. The molecule has 0 heterocycles. The second-order valence-electron chi connectivity index (χ2n) is 2.64. The molecule has 0 aliphatic carbocycles. The SMILES string of the molecule is NNC(c1cc(Cl)ccc1Cl)C(F)F. The minimum atomic E-state index is -2.64. The molecule has 0 saturated heterocycles. The van der Waals surface area contributed by atoms with Crippen LogP contribution >= 0.6 is 23.2 Å². The van der Waals surface area contributed by atoms with Crippen LogP contribution in [0.2, 0.25) is 10.0 Å². The van der Waals surface area contributed by atoms with E-state index in [-0.39, 0.29) is 10.6 Å². The summed E-state index contributed by atoms with van der Waals surface area (Å²) in [5.41, 5.74) is 2.18. The van der Waals surface area contributed by atoms with Gasteiger partial charge in [0.05, 0.1) is 0 Å². The van der Waals surface area contributed by atoms with Crippen LogP contribution in [-0.2, 0) is 0 Å². The number of hydrazine groups is 1. The van der Waals surface area contributed by atoms with E-state index in [0.717, 1.165) is 0 Å². The van der Waals surface area contributed by atoms with Crippen molar-refractivity contribution in [2.75, 3.05) is 0 Å². The molecule has 0 radical (unpaired) electrons. The van der Waals surface area contributed by atoms with Gasteiger partial charge in [-0.05, 0) is 23.8 Å². The number of hydrogen-bond acceptors (Lipinski definition) is 2. The minimum absolute atomic E-state index is 0.191.